The van der Waals surface area contributed by atoms with Crippen LogP contribution in [0.5, 0.6) is 11.5 Å². The van der Waals surface area contributed by atoms with Gasteiger partial charge in [0.05, 0.1) is 7.11 Å². The molecule has 2 aromatic carbocycles. The normalized spacial score (nSPS) is 12.4. The van der Waals surface area contributed by atoms with Gasteiger partial charge in [0.25, 0.3) is 0 Å². The first-order valence-electron chi connectivity index (χ1n) is 8.73. The van der Waals surface area contributed by atoms with Gasteiger partial charge in [0, 0.05) is 24.7 Å². The van der Waals surface area contributed by atoms with Crippen LogP contribution in [0.2, 0.25) is 0 Å². The molecule has 0 fully saturated rings. The van der Waals surface area contributed by atoms with E-state index >= 15 is 0 Å². The van der Waals surface area contributed by atoms with E-state index < -0.39 is 6.10 Å². The van der Waals surface area contributed by atoms with E-state index in [1.807, 2.05) is 49.4 Å². The predicted octanol–water partition coefficient (Wildman–Crippen LogP) is 3.65. The van der Waals surface area contributed by atoms with Gasteiger partial charge in [0.1, 0.15) is 24.2 Å². The zero-order valence-electron chi connectivity index (χ0n) is 15.6. The van der Waals surface area contributed by atoms with Gasteiger partial charge in [-0.15, -0.1) is 0 Å². The first-order valence-corrected chi connectivity index (χ1v) is 8.73. The number of aliphatic hydroxyl groups is 1. The minimum absolute atomic E-state index is 0.278. The van der Waals surface area contributed by atoms with Gasteiger partial charge in [-0.1, -0.05) is 36.4 Å². The zero-order chi connectivity index (χ0) is 18.2. The third-order valence-electron chi connectivity index (χ3n) is 4.27. The van der Waals surface area contributed by atoms with E-state index in [4.69, 9.17) is 9.47 Å². The molecule has 0 amide bonds. The minimum Gasteiger partial charge on any atom is -0.496 e. The first-order chi connectivity index (χ1) is 12.0. The number of aryl methyl sites for hydroxylation is 1. The highest BCUT2D eigenvalue weighted by Gasteiger charge is 2.17. The van der Waals surface area contributed by atoms with Crippen LogP contribution in [0.25, 0.3) is 0 Å². The molecule has 0 unspecified atom stereocenters. The molecule has 0 saturated heterocycles. The summed E-state index contributed by atoms with van der Waals surface area (Å²) in [5.41, 5.74) is 2.19. The van der Waals surface area contributed by atoms with Crippen LogP contribution >= 0.6 is 0 Å². The Hall–Kier alpha value is -2.04. The van der Waals surface area contributed by atoms with Crippen LogP contribution in [0.15, 0.2) is 48.5 Å². The maximum absolute atomic E-state index is 10.4. The molecule has 2 aromatic rings. The maximum Gasteiger partial charge on any atom is 0.123 e. The van der Waals surface area contributed by atoms with Crippen molar-refractivity contribution in [2.24, 2.45) is 0 Å². The molecule has 4 heteroatoms. The molecule has 0 aromatic heterocycles. The van der Waals surface area contributed by atoms with Crippen LogP contribution < -0.4 is 9.47 Å². The molecule has 25 heavy (non-hydrogen) atoms. The summed E-state index contributed by atoms with van der Waals surface area (Å²) in [6.45, 7) is 7.81. The number of aliphatic hydroxyl groups excluding tert-OH is 1. The van der Waals surface area contributed by atoms with Crippen molar-refractivity contribution in [1.82, 2.24) is 4.90 Å². The van der Waals surface area contributed by atoms with E-state index in [2.05, 4.69) is 24.8 Å². The second-order valence-corrected chi connectivity index (χ2v) is 6.57. The fourth-order valence-corrected chi connectivity index (χ4v) is 2.74. The summed E-state index contributed by atoms with van der Waals surface area (Å²) in [6.07, 6.45) is -0.559. The molecule has 2 rings (SSSR count). The van der Waals surface area contributed by atoms with Gasteiger partial charge in [-0.25, -0.2) is 0 Å². The van der Waals surface area contributed by atoms with Crippen molar-refractivity contribution >= 4 is 0 Å². The second-order valence-electron chi connectivity index (χ2n) is 6.57. The molecule has 0 aliphatic carbocycles. The standard InChI is InChI=1S/C21H29NO3/c1-16(2)22(13-18-10-6-8-12-21(18)24-4)14-19(23)15-25-20-11-7-5-9-17(20)3/h5-12,16,19,23H,13-15H2,1-4H3/t19-/m0/s1. The average Bonchev–Trinajstić information content (AvgIpc) is 2.60. The van der Waals surface area contributed by atoms with E-state index in [9.17, 15) is 5.11 Å². The van der Waals surface area contributed by atoms with Crippen molar-refractivity contribution in [2.45, 2.75) is 39.5 Å². The molecule has 0 heterocycles. The Morgan fingerprint density at radius 3 is 2.28 bits per heavy atom. The van der Waals surface area contributed by atoms with Crippen molar-refractivity contribution in [3.63, 3.8) is 0 Å². The van der Waals surface area contributed by atoms with Crippen LogP contribution in [0, 0.1) is 6.92 Å². The van der Waals surface area contributed by atoms with E-state index in [1.54, 1.807) is 7.11 Å². The Labute approximate surface area is 151 Å². The minimum atomic E-state index is -0.559. The number of hydrogen-bond acceptors (Lipinski definition) is 4. The Morgan fingerprint density at radius 2 is 1.64 bits per heavy atom. The third-order valence-corrected chi connectivity index (χ3v) is 4.27. The molecule has 4 nitrogen and oxygen atoms in total. The summed E-state index contributed by atoms with van der Waals surface area (Å²) in [6, 6.07) is 16.2. The summed E-state index contributed by atoms with van der Waals surface area (Å²) >= 11 is 0. The lowest BCUT2D eigenvalue weighted by atomic mass is 10.1. The maximum atomic E-state index is 10.4. The SMILES string of the molecule is COc1ccccc1CN(C[C@H](O)COc1ccccc1C)C(C)C. The summed E-state index contributed by atoms with van der Waals surface area (Å²) in [4.78, 5) is 2.23. The van der Waals surface area contributed by atoms with Crippen LogP contribution in [-0.2, 0) is 6.54 Å². The smallest absolute Gasteiger partial charge is 0.123 e. The fraction of sp³-hybridized carbons (Fsp3) is 0.429. The van der Waals surface area contributed by atoms with Crippen molar-refractivity contribution in [3.8, 4) is 11.5 Å². The van der Waals surface area contributed by atoms with Crippen molar-refractivity contribution in [2.75, 3.05) is 20.3 Å². The summed E-state index contributed by atoms with van der Waals surface area (Å²) in [5, 5.41) is 10.4. The zero-order valence-corrected chi connectivity index (χ0v) is 15.6. The topological polar surface area (TPSA) is 41.9 Å². The highest BCUT2D eigenvalue weighted by molar-refractivity contribution is 5.33. The van der Waals surface area contributed by atoms with Crippen LogP contribution in [0.3, 0.4) is 0 Å². The van der Waals surface area contributed by atoms with Crippen LogP contribution in [0.4, 0.5) is 0 Å². The Bertz CT molecular complexity index is 657. The van der Waals surface area contributed by atoms with E-state index in [-0.39, 0.29) is 6.61 Å². The molecule has 1 atom stereocenters. The third kappa shape index (κ3) is 5.76. The van der Waals surface area contributed by atoms with Gasteiger partial charge in [-0.05, 0) is 38.5 Å². The summed E-state index contributed by atoms with van der Waals surface area (Å²) < 4.78 is 11.2. The van der Waals surface area contributed by atoms with Crippen molar-refractivity contribution in [1.29, 1.82) is 0 Å². The molecule has 136 valence electrons. The Kier molecular flexibility index (Phi) is 7.29. The Balaban J connectivity index is 1.95. The average molecular weight is 343 g/mol. The van der Waals surface area contributed by atoms with Gasteiger partial charge in [-0.2, -0.15) is 0 Å². The number of ether oxygens (including phenoxy) is 2. The second kappa shape index (κ2) is 9.44. The Morgan fingerprint density at radius 1 is 1.00 bits per heavy atom. The lowest BCUT2D eigenvalue weighted by Gasteiger charge is -2.29. The predicted molar refractivity (Wildman–Crippen MR) is 101 cm³/mol. The fourth-order valence-electron chi connectivity index (χ4n) is 2.74. The number of rotatable bonds is 9. The summed E-state index contributed by atoms with van der Waals surface area (Å²) in [7, 11) is 1.68. The van der Waals surface area contributed by atoms with Gasteiger partial charge < -0.3 is 14.6 Å². The molecule has 0 aliphatic rings. The summed E-state index contributed by atoms with van der Waals surface area (Å²) in [5.74, 6) is 1.70. The first kappa shape index (κ1) is 19.3. The molecular formula is C21H29NO3. The number of benzene rings is 2. The van der Waals surface area contributed by atoms with Gasteiger partial charge in [-0.3, -0.25) is 4.90 Å². The quantitative estimate of drug-likeness (QED) is 0.754. The van der Waals surface area contributed by atoms with Crippen molar-refractivity contribution in [3.05, 3.63) is 59.7 Å². The van der Waals surface area contributed by atoms with E-state index in [0.717, 1.165) is 29.2 Å². The van der Waals surface area contributed by atoms with Crippen LogP contribution in [-0.4, -0.2) is 42.4 Å². The van der Waals surface area contributed by atoms with Gasteiger partial charge >= 0.3 is 0 Å². The molecule has 0 spiro atoms. The van der Waals surface area contributed by atoms with Gasteiger partial charge in [0.2, 0.25) is 0 Å². The molecule has 1 N–H and O–H groups in total. The monoisotopic (exact) mass is 343 g/mol. The molecule has 0 radical (unpaired) electrons. The molecular weight excluding hydrogens is 314 g/mol. The number of nitrogens with zero attached hydrogens (tertiary/aromatic N) is 1. The number of hydrogen-bond donors (Lipinski definition) is 1. The van der Waals surface area contributed by atoms with Crippen LogP contribution in [0.1, 0.15) is 25.0 Å². The van der Waals surface area contributed by atoms with E-state index in [1.165, 1.54) is 0 Å². The molecule has 0 aliphatic heterocycles. The molecule has 0 bridgehead atoms. The highest BCUT2D eigenvalue weighted by atomic mass is 16.5. The highest BCUT2D eigenvalue weighted by Crippen LogP contribution is 2.21. The number of methoxy groups -OCH3 is 1. The van der Waals surface area contributed by atoms with Crippen molar-refractivity contribution < 1.29 is 14.6 Å². The number of para-hydroxylation sites is 2. The largest absolute Gasteiger partial charge is 0.496 e. The lowest BCUT2D eigenvalue weighted by Crippen LogP contribution is -2.39. The lowest BCUT2D eigenvalue weighted by molar-refractivity contribution is 0.0538. The van der Waals surface area contributed by atoms with E-state index in [0.29, 0.717) is 12.6 Å². The molecule has 0 saturated carbocycles. The van der Waals surface area contributed by atoms with Gasteiger partial charge in [0.15, 0.2) is 0 Å².